The van der Waals surface area contributed by atoms with Gasteiger partial charge < -0.3 is 16.0 Å². The van der Waals surface area contributed by atoms with Gasteiger partial charge in [-0.3, -0.25) is 9.59 Å². The van der Waals surface area contributed by atoms with Gasteiger partial charge in [0.25, 0.3) is 5.91 Å². The second-order valence-electron chi connectivity index (χ2n) is 6.75. The van der Waals surface area contributed by atoms with Crippen LogP contribution in [-0.4, -0.2) is 45.5 Å². The number of hydrogen-bond donors (Lipinski definition) is 2. The zero-order chi connectivity index (χ0) is 21.8. The molecular weight excluding hydrogens is 418 g/mol. The summed E-state index contributed by atoms with van der Waals surface area (Å²) in [5.74, 6) is 0.411. The molecule has 0 bridgehead atoms. The number of nitrogens with zero attached hydrogens (tertiary/aromatic N) is 3. The summed E-state index contributed by atoms with van der Waals surface area (Å²) in [6.45, 7) is 9.26. The first kappa shape index (κ1) is 22.0. The van der Waals surface area contributed by atoms with Crippen LogP contribution < -0.4 is 11.1 Å². The van der Waals surface area contributed by atoms with Crippen LogP contribution in [0.25, 0.3) is 10.2 Å². The number of hydrogen-bond acceptors (Lipinski definition) is 7. The number of nitrogen functional groups attached to an aromatic ring is 1. The third kappa shape index (κ3) is 4.73. The molecule has 0 aliphatic carbocycles. The van der Waals surface area contributed by atoms with Crippen LogP contribution in [0.15, 0.2) is 29.4 Å². The zero-order valence-electron chi connectivity index (χ0n) is 17.5. The second-order valence-corrected chi connectivity index (χ2v) is 8.89. The number of fused-ring (bicyclic) bond motifs is 1. The van der Waals surface area contributed by atoms with E-state index in [1.165, 1.54) is 11.8 Å². The highest BCUT2D eigenvalue weighted by molar-refractivity contribution is 7.99. The highest BCUT2D eigenvalue weighted by Gasteiger charge is 2.15. The number of carbonyl (C=O) groups is 2. The number of thiophene rings is 1. The third-order valence-corrected chi connectivity index (χ3v) is 6.78. The van der Waals surface area contributed by atoms with Crippen molar-refractivity contribution in [1.82, 2.24) is 14.9 Å². The number of nitrogens with two attached hydrogens (primary N) is 1. The summed E-state index contributed by atoms with van der Waals surface area (Å²) in [5.41, 5.74) is 8.43. The van der Waals surface area contributed by atoms with Gasteiger partial charge in [0.05, 0.1) is 11.1 Å². The van der Waals surface area contributed by atoms with Crippen molar-refractivity contribution in [3.8, 4) is 0 Å². The molecule has 0 spiro atoms. The zero-order valence-corrected chi connectivity index (χ0v) is 19.1. The SMILES string of the molecule is CCN(CC)C(=O)c1ccc(NC(=O)CSc2nc(N)c3c(C)c(C)sc3n2)cc1. The normalized spacial score (nSPS) is 10.9. The summed E-state index contributed by atoms with van der Waals surface area (Å²) in [5, 5.41) is 4.21. The van der Waals surface area contributed by atoms with Gasteiger partial charge in [0, 0.05) is 29.2 Å². The minimum Gasteiger partial charge on any atom is -0.383 e. The molecule has 2 amide bonds. The van der Waals surface area contributed by atoms with Crippen LogP contribution >= 0.6 is 23.1 Å². The highest BCUT2D eigenvalue weighted by atomic mass is 32.2. The molecule has 7 nitrogen and oxygen atoms in total. The smallest absolute Gasteiger partial charge is 0.253 e. The molecule has 0 fully saturated rings. The molecule has 9 heteroatoms. The van der Waals surface area contributed by atoms with Gasteiger partial charge in [0.2, 0.25) is 5.91 Å². The lowest BCUT2D eigenvalue weighted by molar-refractivity contribution is -0.113. The van der Waals surface area contributed by atoms with Crippen molar-refractivity contribution in [1.29, 1.82) is 0 Å². The van der Waals surface area contributed by atoms with Gasteiger partial charge in [0.15, 0.2) is 5.16 Å². The fraction of sp³-hybridized carbons (Fsp3) is 0.333. The van der Waals surface area contributed by atoms with Crippen molar-refractivity contribution in [3.05, 3.63) is 40.3 Å². The first-order valence-electron chi connectivity index (χ1n) is 9.69. The van der Waals surface area contributed by atoms with E-state index in [-0.39, 0.29) is 17.6 Å². The Labute approximate surface area is 184 Å². The van der Waals surface area contributed by atoms with E-state index in [1.54, 1.807) is 40.5 Å². The number of thioether (sulfide) groups is 1. The largest absolute Gasteiger partial charge is 0.383 e. The Morgan fingerprint density at radius 3 is 2.43 bits per heavy atom. The number of nitrogens with one attached hydrogen (secondary N) is 1. The maximum Gasteiger partial charge on any atom is 0.253 e. The predicted molar refractivity (Wildman–Crippen MR) is 124 cm³/mol. The Morgan fingerprint density at radius 2 is 1.80 bits per heavy atom. The molecule has 3 N–H and O–H groups in total. The van der Waals surface area contributed by atoms with Crippen LogP contribution in [0.1, 0.15) is 34.6 Å². The summed E-state index contributed by atoms with van der Waals surface area (Å²) in [7, 11) is 0. The fourth-order valence-corrected chi connectivity index (χ4v) is 4.79. The molecule has 3 rings (SSSR count). The Bertz CT molecular complexity index is 1080. The monoisotopic (exact) mass is 443 g/mol. The molecule has 0 aliphatic rings. The summed E-state index contributed by atoms with van der Waals surface area (Å²) in [6.07, 6.45) is 0. The first-order chi connectivity index (χ1) is 14.3. The lowest BCUT2D eigenvalue weighted by Gasteiger charge is -2.18. The van der Waals surface area contributed by atoms with E-state index in [9.17, 15) is 9.59 Å². The van der Waals surface area contributed by atoms with Gasteiger partial charge in [0.1, 0.15) is 10.6 Å². The number of benzene rings is 1. The van der Waals surface area contributed by atoms with Gasteiger partial charge in [-0.25, -0.2) is 9.97 Å². The molecule has 0 saturated carbocycles. The molecule has 0 aliphatic heterocycles. The fourth-order valence-electron chi connectivity index (χ4n) is 3.04. The Hall–Kier alpha value is -2.65. The minimum absolute atomic E-state index is 0.0161. The average molecular weight is 444 g/mol. The second kappa shape index (κ2) is 9.44. The molecule has 0 atom stereocenters. The number of aryl methyl sites for hydroxylation is 2. The van der Waals surface area contributed by atoms with Crippen molar-refractivity contribution in [3.63, 3.8) is 0 Å². The lowest BCUT2D eigenvalue weighted by atomic mass is 10.2. The Balaban J connectivity index is 1.61. The summed E-state index contributed by atoms with van der Waals surface area (Å²) in [6, 6.07) is 6.92. The molecule has 3 aromatic rings. The van der Waals surface area contributed by atoms with Crippen LogP contribution in [-0.2, 0) is 4.79 Å². The molecule has 2 heterocycles. The summed E-state index contributed by atoms with van der Waals surface area (Å²) in [4.78, 5) is 37.3. The van der Waals surface area contributed by atoms with E-state index in [0.717, 1.165) is 20.7 Å². The van der Waals surface area contributed by atoms with Gasteiger partial charge in [-0.05, 0) is 57.5 Å². The van der Waals surface area contributed by atoms with Crippen molar-refractivity contribution >= 4 is 56.6 Å². The molecule has 2 aromatic heterocycles. The third-order valence-electron chi connectivity index (χ3n) is 4.83. The van der Waals surface area contributed by atoms with E-state index < -0.39 is 0 Å². The maximum atomic E-state index is 12.4. The molecule has 158 valence electrons. The van der Waals surface area contributed by atoms with Crippen molar-refractivity contribution in [2.24, 2.45) is 0 Å². The van der Waals surface area contributed by atoms with Gasteiger partial charge >= 0.3 is 0 Å². The van der Waals surface area contributed by atoms with Crippen LogP contribution in [0, 0.1) is 13.8 Å². The van der Waals surface area contributed by atoms with Crippen molar-refractivity contribution in [2.45, 2.75) is 32.9 Å². The van der Waals surface area contributed by atoms with Crippen LogP contribution in [0.5, 0.6) is 0 Å². The van der Waals surface area contributed by atoms with Gasteiger partial charge in [-0.2, -0.15) is 0 Å². The molecule has 0 radical (unpaired) electrons. The van der Waals surface area contributed by atoms with E-state index >= 15 is 0 Å². The number of amides is 2. The molecule has 30 heavy (non-hydrogen) atoms. The van der Waals surface area contributed by atoms with Crippen molar-refractivity contribution in [2.75, 3.05) is 29.9 Å². The minimum atomic E-state index is -0.177. The lowest BCUT2D eigenvalue weighted by Crippen LogP contribution is -2.30. The van der Waals surface area contributed by atoms with E-state index in [4.69, 9.17) is 5.73 Å². The number of rotatable bonds is 7. The molecule has 1 aromatic carbocycles. The average Bonchev–Trinajstić information content (AvgIpc) is 3.02. The Kier molecular flexibility index (Phi) is 6.94. The number of aromatic nitrogens is 2. The van der Waals surface area contributed by atoms with Gasteiger partial charge in [-0.1, -0.05) is 11.8 Å². The van der Waals surface area contributed by atoms with E-state index in [0.29, 0.717) is 35.3 Å². The van der Waals surface area contributed by atoms with Crippen LogP contribution in [0.2, 0.25) is 0 Å². The number of carbonyl (C=O) groups excluding carboxylic acids is 2. The number of anilines is 2. The predicted octanol–water partition coefficient (Wildman–Crippen LogP) is 4.10. The molecule has 0 unspecified atom stereocenters. The topological polar surface area (TPSA) is 101 Å². The molecular formula is C21H25N5O2S2. The van der Waals surface area contributed by atoms with Crippen LogP contribution in [0.4, 0.5) is 11.5 Å². The Morgan fingerprint density at radius 1 is 1.13 bits per heavy atom. The quantitative estimate of drug-likeness (QED) is 0.421. The standard InChI is InChI=1S/C21H25N5O2S2/c1-5-26(6-2)20(28)14-7-9-15(10-8-14)23-16(27)11-29-21-24-18(22)17-12(3)13(4)30-19(17)25-21/h7-10H,5-6,11H2,1-4H3,(H,23,27)(H2,22,24,25). The summed E-state index contributed by atoms with van der Waals surface area (Å²) >= 11 is 2.82. The van der Waals surface area contributed by atoms with E-state index in [1.807, 2.05) is 27.7 Å². The van der Waals surface area contributed by atoms with E-state index in [2.05, 4.69) is 15.3 Å². The highest BCUT2D eigenvalue weighted by Crippen LogP contribution is 2.33. The van der Waals surface area contributed by atoms with Crippen molar-refractivity contribution < 1.29 is 9.59 Å². The van der Waals surface area contributed by atoms with Gasteiger partial charge in [-0.15, -0.1) is 11.3 Å². The summed E-state index contributed by atoms with van der Waals surface area (Å²) < 4.78 is 0. The first-order valence-corrected chi connectivity index (χ1v) is 11.5. The maximum absolute atomic E-state index is 12.4. The molecule has 0 saturated heterocycles. The van der Waals surface area contributed by atoms with Crippen LogP contribution in [0.3, 0.4) is 0 Å².